The number of halogens is 1. The van der Waals surface area contributed by atoms with Gasteiger partial charge in [0.05, 0.1) is 34.5 Å². The second-order valence-corrected chi connectivity index (χ2v) is 5.71. The Bertz CT molecular complexity index is 1060. The van der Waals surface area contributed by atoms with Crippen LogP contribution in [0.4, 0.5) is 0 Å². The van der Waals surface area contributed by atoms with E-state index in [2.05, 4.69) is 20.3 Å². The predicted octanol–water partition coefficient (Wildman–Crippen LogP) is 2.86. The number of benzene rings is 1. The maximum absolute atomic E-state index is 12.3. The first-order valence-corrected chi connectivity index (χ1v) is 7.70. The van der Waals surface area contributed by atoms with Gasteiger partial charge in [0.25, 0.3) is 5.91 Å². The summed E-state index contributed by atoms with van der Waals surface area (Å²) in [4.78, 5) is 25.3. The Morgan fingerprint density at radius 1 is 1.08 bits per heavy atom. The minimum atomic E-state index is -0.289. The molecular formula is C17H12ClN5O. The fourth-order valence-corrected chi connectivity index (χ4v) is 2.60. The first kappa shape index (κ1) is 14.6. The lowest BCUT2D eigenvalue weighted by molar-refractivity contribution is 0.0945. The molecule has 1 amide bonds. The van der Waals surface area contributed by atoms with Crippen molar-refractivity contribution >= 4 is 34.2 Å². The van der Waals surface area contributed by atoms with Gasteiger partial charge in [-0.3, -0.25) is 9.78 Å². The molecule has 1 aromatic carbocycles. The average molecular weight is 338 g/mol. The van der Waals surface area contributed by atoms with E-state index in [4.69, 9.17) is 11.6 Å². The molecule has 6 nitrogen and oxygen atoms in total. The number of fused-ring (bicyclic) bond motifs is 2. The predicted molar refractivity (Wildman–Crippen MR) is 90.9 cm³/mol. The van der Waals surface area contributed by atoms with Crippen LogP contribution >= 0.6 is 11.6 Å². The van der Waals surface area contributed by atoms with E-state index < -0.39 is 0 Å². The molecule has 0 aliphatic heterocycles. The zero-order valence-electron chi connectivity index (χ0n) is 12.5. The van der Waals surface area contributed by atoms with Gasteiger partial charge in [0, 0.05) is 12.4 Å². The van der Waals surface area contributed by atoms with Crippen molar-refractivity contribution < 1.29 is 4.79 Å². The van der Waals surface area contributed by atoms with Crippen LogP contribution in [0.25, 0.3) is 16.7 Å². The second kappa shape index (κ2) is 5.90. The molecular weight excluding hydrogens is 326 g/mol. The Labute approximate surface area is 142 Å². The molecule has 3 heterocycles. The van der Waals surface area contributed by atoms with Gasteiger partial charge in [-0.05, 0) is 24.3 Å². The smallest absolute Gasteiger partial charge is 0.271 e. The normalized spacial score (nSPS) is 11.0. The molecule has 0 aliphatic carbocycles. The number of carbonyl (C=O) groups is 1. The molecule has 0 fully saturated rings. The Morgan fingerprint density at radius 2 is 1.92 bits per heavy atom. The van der Waals surface area contributed by atoms with Crippen molar-refractivity contribution in [2.24, 2.45) is 0 Å². The van der Waals surface area contributed by atoms with Crippen molar-refractivity contribution in [3.05, 3.63) is 71.4 Å². The lowest BCUT2D eigenvalue weighted by Gasteiger charge is -2.03. The van der Waals surface area contributed by atoms with Crippen molar-refractivity contribution in [1.29, 1.82) is 0 Å². The van der Waals surface area contributed by atoms with Gasteiger partial charge >= 0.3 is 0 Å². The van der Waals surface area contributed by atoms with Crippen LogP contribution in [0, 0.1) is 0 Å². The number of hydrogen-bond donors (Lipinski definition) is 1. The summed E-state index contributed by atoms with van der Waals surface area (Å²) in [7, 11) is 0. The number of para-hydroxylation sites is 2. The number of imidazole rings is 1. The summed E-state index contributed by atoms with van der Waals surface area (Å²) < 4.78 is 1.82. The van der Waals surface area contributed by atoms with E-state index in [1.807, 2.05) is 40.9 Å². The Morgan fingerprint density at radius 3 is 2.79 bits per heavy atom. The summed E-state index contributed by atoms with van der Waals surface area (Å²) in [6.07, 6.45) is 5.07. The van der Waals surface area contributed by atoms with Gasteiger partial charge in [0.15, 0.2) is 0 Å². The number of aromatic nitrogens is 4. The molecule has 4 rings (SSSR count). The highest BCUT2D eigenvalue weighted by Crippen LogP contribution is 2.12. The standard InChI is InChI=1S/C17H12ClN5O/c18-11-5-6-16-21-12(10-23(16)9-11)7-20-17(24)15-8-19-13-3-1-2-4-14(13)22-15/h1-6,8-10H,7H2,(H,20,24). The number of nitrogens with one attached hydrogen (secondary N) is 1. The third kappa shape index (κ3) is 2.79. The lowest BCUT2D eigenvalue weighted by atomic mass is 10.3. The van der Waals surface area contributed by atoms with E-state index in [1.54, 1.807) is 12.3 Å². The molecule has 0 spiro atoms. The monoisotopic (exact) mass is 337 g/mol. The zero-order chi connectivity index (χ0) is 16.5. The third-order valence-corrected chi connectivity index (χ3v) is 3.80. The number of amides is 1. The molecule has 7 heteroatoms. The van der Waals surface area contributed by atoms with E-state index in [0.29, 0.717) is 17.1 Å². The van der Waals surface area contributed by atoms with Crippen LogP contribution in [0.15, 0.2) is 55.0 Å². The van der Waals surface area contributed by atoms with Crippen molar-refractivity contribution in [1.82, 2.24) is 24.7 Å². The minimum absolute atomic E-state index is 0.278. The quantitative estimate of drug-likeness (QED) is 0.624. The van der Waals surface area contributed by atoms with Gasteiger partial charge in [0.1, 0.15) is 11.3 Å². The molecule has 0 aliphatic rings. The largest absolute Gasteiger partial charge is 0.345 e. The van der Waals surface area contributed by atoms with Crippen molar-refractivity contribution in [2.75, 3.05) is 0 Å². The van der Waals surface area contributed by atoms with E-state index in [1.165, 1.54) is 6.20 Å². The highest BCUT2D eigenvalue weighted by molar-refractivity contribution is 6.30. The molecule has 0 bridgehead atoms. The van der Waals surface area contributed by atoms with Gasteiger partial charge < -0.3 is 9.72 Å². The van der Waals surface area contributed by atoms with Crippen molar-refractivity contribution in [2.45, 2.75) is 6.54 Å². The van der Waals surface area contributed by atoms with Crippen molar-refractivity contribution in [3.63, 3.8) is 0 Å². The summed E-state index contributed by atoms with van der Waals surface area (Å²) in [5, 5.41) is 3.43. The van der Waals surface area contributed by atoms with E-state index in [9.17, 15) is 4.79 Å². The van der Waals surface area contributed by atoms with Gasteiger partial charge in [0.2, 0.25) is 0 Å². The van der Waals surface area contributed by atoms with E-state index >= 15 is 0 Å². The topological polar surface area (TPSA) is 72.2 Å². The molecule has 0 unspecified atom stereocenters. The second-order valence-electron chi connectivity index (χ2n) is 5.27. The van der Waals surface area contributed by atoms with Crippen LogP contribution < -0.4 is 5.32 Å². The number of hydrogen-bond acceptors (Lipinski definition) is 4. The Kier molecular flexibility index (Phi) is 3.59. The van der Waals surface area contributed by atoms with E-state index in [0.717, 1.165) is 16.9 Å². The molecule has 0 radical (unpaired) electrons. The van der Waals surface area contributed by atoms with Crippen molar-refractivity contribution in [3.8, 4) is 0 Å². The summed E-state index contributed by atoms with van der Waals surface area (Å²) >= 11 is 5.95. The molecule has 4 aromatic rings. The Hall–Kier alpha value is -2.99. The number of carbonyl (C=O) groups excluding carboxylic acids is 1. The van der Waals surface area contributed by atoms with Gasteiger partial charge in [-0.2, -0.15) is 0 Å². The molecule has 0 saturated carbocycles. The zero-order valence-corrected chi connectivity index (χ0v) is 13.2. The SMILES string of the molecule is O=C(NCc1cn2cc(Cl)ccc2n1)c1cnc2ccccc2n1. The number of rotatable bonds is 3. The van der Waals surface area contributed by atoms with Crippen LogP contribution in [0.5, 0.6) is 0 Å². The van der Waals surface area contributed by atoms with Crippen LogP contribution in [0.1, 0.15) is 16.2 Å². The maximum Gasteiger partial charge on any atom is 0.271 e. The molecule has 24 heavy (non-hydrogen) atoms. The van der Waals surface area contributed by atoms with E-state index in [-0.39, 0.29) is 11.6 Å². The summed E-state index contributed by atoms with van der Waals surface area (Å²) in [6, 6.07) is 11.0. The summed E-state index contributed by atoms with van der Waals surface area (Å²) in [5.41, 5.74) is 3.23. The van der Waals surface area contributed by atoms with Crippen LogP contribution in [0.3, 0.4) is 0 Å². The average Bonchev–Trinajstić information content (AvgIpc) is 3.01. The molecule has 3 aromatic heterocycles. The first-order chi connectivity index (χ1) is 11.7. The van der Waals surface area contributed by atoms with Gasteiger partial charge in [-0.1, -0.05) is 23.7 Å². The Balaban J connectivity index is 1.52. The summed E-state index contributed by atoms with van der Waals surface area (Å²) in [5.74, 6) is -0.289. The molecule has 0 atom stereocenters. The molecule has 0 saturated heterocycles. The number of pyridine rings is 1. The first-order valence-electron chi connectivity index (χ1n) is 7.32. The maximum atomic E-state index is 12.3. The van der Waals surface area contributed by atoms with Crippen LogP contribution in [0.2, 0.25) is 5.02 Å². The highest BCUT2D eigenvalue weighted by Gasteiger charge is 2.10. The van der Waals surface area contributed by atoms with Crippen LogP contribution in [-0.2, 0) is 6.54 Å². The summed E-state index contributed by atoms with van der Waals surface area (Å²) in [6.45, 7) is 0.298. The van der Waals surface area contributed by atoms with Gasteiger partial charge in [-0.25, -0.2) is 9.97 Å². The third-order valence-electron chi connectivity index (χ3n) is 3.58. The molecule has 118 valence electrons. The fourth-order valence-electron chi connectivity index (χ4n) is 2.43. The lowest BCUT2D eigenvalue weighted by Crippen LogP contribution is -2.24. The fraction of sp³-hybridized carbons (Fsp3) is 0.0588. The van der Waals surface area contributed by atoms with Crippen LogP contribution in [-0.4, -0.2) is 25.3 Å². The molecule has 1 N–H and O–H groups in total. The number of nitrogens with zero attached hydrogens (tertiary/aromatic N) is 4. The highest BCUT2D eigenvalue weighted by atomic mass is 35.5. The minimum Gasteiger partial charge on any atom is -0.345 e. The van der Waals surface area contributed by atoms with Gasteiger partial charge in [-0.15, -0.1) is 0 Å².